The van der Waals surface area contributed by atoms with E-state index in [1.165, 1.54) is 6.21 Å². The van der Waals surface area contributed by atoms with E-state index in [0.717, 1.165) is 16.3 Å². The van der Waals surface area contributed by atoms with Gasteiger partial charge in [0, 0.05) is 5.56 Å². The highest BCUT2D eigenvalue weighted by molar-refractivity contribution is 6.34. The summed E-state index contributed by atoms with van der Waals surface area (Å²) in [7, 11) is 0. The minimum atomic E-state index is -1.06. The second kappa shape index (κ2) is 5.09. The number of carbonyl (C=O) groups excluding carboxylic acids is 2. The summed E-state index contributed by atoms with van der Waals surface area (Å²) in [5.41, 5.74) is 7.68. The molecule has 90 valence electrons. The molecular weight excluding hydrogens is 230 g/mol. The lowest BCUT2D eigenvalue weighted by Gasteiger charge is -2.01. The average Bonchev–Trinajstić information content (AvgIpc) is 2.38. The minimum Gasteiger partial charge on any atom is -0.361 e. The topological polar surface area (TPSA) is 84.5 Å². The molecule has 0 unspecified atom stereocenters. The standard InChI is InChI=1S/C13H11N3O2/c14-12(17)13(18)16-15-8-10-6-3-5-9-4-1-2-7-11(9)10/h1-8H,(H2,14,17)(H,16,18)/b15-8-. The predicted molar refractivity (Wildman–Crippen MR) is 68.9 cm³/mol. The van der Waals surface area contributed by atoms with Gasteiger partial charge in [-0.15, -0.1) is 0 Å². The van der Waals surface area contributed by atoms with E-state index in [-0.39, 0.29) is 0 Å². The maximum Gasteiger partial charge on any atom is 0.329 e. The number of amides is 2. The number of rotatable bonds is 2. The summed E-state index contributed by atoms with van der Waals surface area (Å²) in [6, 6.07) is 13.5. The van der Waals surface area contributed by atoms with Crippen LogP contribution in [0.1, 0.15) is 5.56 Å². The highest BCUT2D eigenvalue weighted by Crippen LogP contribution is 2.16. The lowest BCUT2D eigenvalue weighted by molar-refractivity contribution is -0.137. The second-order valence-electron chi connectivity index (χ2n) is 3.63. The lowest BCUT2D eigenvalue weighted by Crippen LogP contribution is -2.32. The van der Waals surface area contributed by atoms with Crippen LogP contribution in [-0.2, 0) is 9.59 Å². The summed E-state index contributed by atoms with van der Waals surface area (Å²) >= 11 is 0. The van der Waals surface area contributed by atoms with Gasteiger partial charge in [-0.05, 0) is 10.8 Å². The van der Waals surface area contributed by atoms with Crippen LogP contribution in [0.3, 0.4) is 0 Å². The van der Waals surface area contributed by atoms with Crippen molar-refractivity contribution in [1.82, 2.24) is 5.43 Å². The zero-order chi connectivity index (χ0) is 13.0. The first-order valence-electron chi connectivity index (χ1n) is 5.29. The third-order valence-corrected chi connectivity index (χ3v) is 2.42. The number of nitrogens with one attached hydrogen (secondary N) is 1. The molecule has 3 N–H and O–H groups in total. The van der Waals surface area contributed by atoms with Gasteiger partial charge in [0.15, 0.2) is 0 Å². The molecule has 0 fully saturated rings. The fourth-order valence-electron chi connectivity index (χ4n) is 1.58. The minimum absolute atomic E-state index is 0.845. The molecule has 5 nitrogen and oxygen atoms in total. The number of fused-ring (bicyclic) bond motifs is 1. The Morgan fingerprint density at radius 1 is 1.11 bits per heavy atom. The molecule has 0 aliphatic rings. The fraction of sp³-hybridized carbons (Fsp3) is 0. The summed E-state index contributed by atoms with van der Waals surface area (Å²) < 4.78 is 0. The van der Waals surface area contributed by atoms with E-state index in [1.807, 2.05) is 42.5 Å². The van der Waals surface area contributed by atoms with Crippen molar-refractivity contribution < 1.29 is 9.59 Å². The zero-order valence-corrected chi connectivity index (χ0v) is 9.46. The highest BCUT2D eigenvalue weighted by Gasteiger charge is 2.05. The number of hydrazone groups is 1. The molecule has 0 aliphatic heterocycles. The largest absolute Gasteiger partial charge is 0.361 e. The van der Waals surface area contributed by atoms with Crippen LogP contribution in [0, 0.1) is 0 Å². The smallest absolute Gasteiger partial charge is 0.329 e. The quantitative estimate of drug-likeness (QED) is 0.462. The Morgan fingerprint density at radius 3 is 2.61 bits per heavy atom. The molecule has 0 atom stereocenters. The Balaban J connectivity index is 2.24. The summed E-state index contributed by atoms with van der Waals surface area (Å²) in [5, 5.41) is 5.77. The molecule has 2 amide bonds. The van der Waals surface area contributed by atoms with Crippen molar-refractivity contribution in [2.45, 2.75) is 0 Å². The molecule has 0 radical (unpaired) electrons. The number of primary amides is 1. The summed E-state index contributed by atoms with van der Waals surface area (Å²) in [5.74, 6) is -2.00. The van der Waals surface area contributed by atoms with Crippen molar-refractivity contribution in [3.05, 3.63) is 48.0 Å². The number of nitrogens with two attached hydrogens (primary N) is 1. The Morgan fingerprint density at radius 2 is 1.83 bits per heavy atom. The Labute approximate surface area is 103 Å². The van der Waals surface area contributed by atoms with Crippen molar-refractivity contribution in [2.75, 3.05) is 0 Å². The maximum absolute atomic E-state index is 10.9. The van der Waals surface area contributed by atoms with Crippen molar-refractivity contribution in [3.8, 4) is 0 Å². The van der Waals surface area contributed by atoms with Gasteiger partial charge in [-0.25, -0.2) is 5.43 Å². The van der Waals surface area contributed by atoms with E-state index in [9.17, 15) is 9.59 Å². The van der Waals surface area contributed by atoms with Gasteiger partial charge in [0.05, 0.1) is 6.21 Å². The molecule has 2 rings (SSSR count). The van der Waals surface area contributed by atoms with Gasteiger partial charge < -0.3 is 5.73 Å². The first kappa shape index (κ1) is 11.8. The molecule has 18 heavy (non-hydrogen) atoms. The van der Waals surface area contributed by atoms with Gasteiger partial charge in [-0.2, -0.15) is 5.10 Å². The monoisotopic (exact) mass is 241 g/mol. The van der Waals surface area contributed by atoms with E-state index in [2.05, 4.69) is 10.5 Å². The third-order valence-electron chi connectivity index (χ3n) is 2.42. The van der Waals surface area contributed by atoms with Crippen molar-refractivity contribution >= 4 is 28.8 Å². The van der Waals surface area contributed by atoms with E-state index in [4.69, 9.17) is 5.73 Å². The van der Waals surface area contributed by atoms with Gasteiger partial charge in [0.1, 0.15) is 0 Å². The SMILES string of the molecule is NC(=O)C(=O)N/N=C\c1cccc2ccccc12. The maximum atomic E-state index is 10.9. The lowest BCUT2D eigenvalue weighted by atomic mass is 10.1. The van der Waals surface area contributed by atoms with Gasteiger partial charge >= 0.3 is 11.8 Å². The number of nitrogens with zero attached hydrogens (tertiary/aromatic N) is 1. The van der Waals surface area contributed by atoms with E-state index < -0.39 is 11.8 Å². The number of benzene rings is 2. The van der Waals surface area contributed by atoms with Crippen molar-refractivity contribution in [3.63, 3.8) is 0 Å². The van der Waals surface area contributed by atoms with E-state index in [0.29, 0.717) is 0 Å². The van der Waals surface area contributed by atoms with Crippen LogP contribution >= 0.6 is 0 Å². The molecule has 2 aromatic rings. The van der Waals surface area contributed by atoms with Crippen LogP contribution in [0.5, 0.6) is 0 Å². The molecular formula is C13H11N3O2. The third kappa shape index (κ3) is 2.52. The Kier molecular flexibility index (Phi) is 3.33. The average molecular weight is 241 g/mol. The molecule has 0 bridgehead atoms. The van der Waals surface area contributed by atoms with Crippen LogP contribution < -0.4 is 11.2 Å². The molecule has 5 heteroatoms. The number of carbonyl (C=O) groups is 2. The van der Waals surface area contributed by atoms with Gasteiger partial charge in [0.2, 0.25) is 0 Å². The van der Waals surface area contributed by atoms with Crippen molar-refractivity contribution in [2.24, 2.45) is 10.8 Å². The number of hydrogen-bond donors (Lipinski definition) is 2. The van der Waals surface area contributed by atoms with Crippen LogP contribution in [0.2, 0.25) is 0 Å². The highest BCUT2D eigenvalue weighted by atomic mass is 16.2. The molecule has 0 saturated heterocycles. The van der Waals surface area contributed by atoms with Crippen LogP contribution in [-0.4, -0.2) is 18.0 Å². The zero-order valence-electron chi connectivity index (χ0n) is 9.46. The van der Waals surface area contributed by atoms with Gasteiger partial charge in [0.25, 0.3) is 0 Å². The Bertz CT molecular complexity index is 630. The molecule has 0 aromatic heterocycles. The normalized spacial score (nSPS) is 10.7. The Hall–Kier alpha value is -2.69. The molecule has 0 heterocycles. The van der Waals surface area contributed by atoms with E-state index in [1.54, 1.807) is 0 Å². The predicted octanol–water partition coefficient (Wildman–Crippen LogP) is 0.775. The van der Waals surface area contributed by atoms with Crippen LogP contribution in [0.25, 0.3) is 10.8 Å². The van der Waals surface area contributed by atoms with Gasteiger partial charge in [-0.1, -0.05) is 42.5 Å². The molecule has 0 spiro atoms. The fourth-order valence-corrected chi connectivity index (χ4v) is 1.58. The first-order chi connectivity index (χ1) is 8.68. The van der Waals surface area contributed by atoms with Gasteiger partial charge in [-0.3, -0.25) is 9.59 Å². The van der Waals surface area contributed by atoms with Crippen LogP contribution in [0.15, 0.2) is 47.6 Å². The van der Waals surface area contributed by atoms with Crippen molar-refractivity contribution in [1.29, 1.82) is 0 Å². The molecule has 0 saturated carbocycles. The van der Waals surface area contributed by atoms with E-state index >= 15 is 0 Å². The summed E-state index contributed by atoms with van der Waals surface area (Å²) in [6.45, 7) is 0. The first-order valence-corrected chi connectivity index (χ1v) is 5.29. The molecule has 0 aliphatic carbocycles. The van der Waals surface area contributed by atoms with Crippen LogP contribution in [0.4, 0.5) is 0 Å². The second-order valence-corrected chi connectivity index (χ2v) is 3.63. The molecule has 2 aromatic carbocycles. The number of hydrogen-bond acceptors (Lipinski definition) is 3. The summed E-state index contributed by atoms with van der Waals surface area (Å²) in [6.07, 6.45) is 1.48. The summed E-state index contributed by atoms with van der Waals surface area (Å²) in [4.78, 5) is 21.4.